The first-order chi connectivity index (χ1) is 11.0. The molecule has 0 amide bonds. The van der Waals surface area contributed by atoms with Crippen molar-refractivity contribution in [3.05, 3.63) is 57.3 Å². The third-order valence-electron chi connectivity index (χ3n) is 3.75. The minimum Gasteiger partial charge on any atom is -0.508 e. The van der Waals surface area contributed by atoms with Crippen molar-refractivity contribution in [2.24, 2.45) is 0 Å². The fraction of sp³-hybridized carbons (Fsp3) is 0.167. The summed E-state index contributed by atoms with van der Waals surface area (Å²) in [7, 11) is 0. The summed E-state index contributed by atoms with van der Waals surface area (Å²) in [6.45, 7) is 3.98. The number of rotatable bonds is 3. The number of hydrogen-bond acceptors (Lipinski definition) is 3. The zero-order valence-corrected chi connectivity index (χ0v) is 15.0. The van der Waals surface area contributed by atoms with Crippen LogP contribution in [0.3, 0.4) is 0 Å². The first kappa shape index (κ1) is 15.9. The monoisotopic (exact) mass is 421 g/mol. The normalized spacial score (nSPS) is 10.9. The van der Waals surface area contributed by atoms with Crippen LogP contribution < -0.4 is 0 Å². The molecule has 4 nitrogen and oxygen atoms in total. The minimum absolute atomic E-state index is 0.128. The molecule has 0 saturated carbocycles. The highest BCUT2D eigenvalue weighted by Crippen LogP contribution is 2.32. The van der Waals surface area contributed by atoms with Crippen molar-refractivity contribution >= 4 is 39.5 Å². The second kappa shape index (κ2) is 6.23. The molecule has 3 aromatic rings. The van der Waals surface area contributed by atoms with Crippen LogP contribution in [0.15, 0.2) is 42.5 Å². The Balaban J connectivity index is 2.32. The number of phenols is 1. The van der Waals surface area contributed by atoms with E-state index in [1.807, 2.05) is 41.8 Å². The number of fused-ring (bicyclic) bond motifs is 1. The van der Waals surface area contributed by atoms with E-state index in [9.17, 15) is 9.90 Å². The Morgan fingerprint density at radius 3 is 2.57 bits per heavy atom. The summed E-state index contributed by atoms with van der Waals surface area (Å²) in [5, 5.41) is 10.5. The summed E-state index contributed by atoms with van der Waals surface area (Å²) in [4.78, 5) is 12.4. The number of carbonyl (C=O) groups is 1. The number of aromatic hydroxyl groups is 1. The number of halogens is 1. The summed E-state index contributed by atoms with van der Waals surface area (Å²) in [5.41, 5.74) is 3.13. The highest BCUT2D eigenvalue weighted by atomic mass is 127. The Morgan fingerprint density at radius 2 is 1.91 bits per heavy atom. The van der Waals surface area contributed by atoms with Crippen LogP contribution >= 0.6 is 22.6 Å². The summed E-state index contributed by atoms with van der Waals surface area (Å²) in [6, 6.07) is 13.1. The lowest BCUT2D eigenvalue weighted by Crippen LogP contribution is -2.07. The van der Waals surface area contributed by atoms with Crippen LogP contribution in [0.1, 0.15) is 23.0 Å². The van der Waals surface area contributed by atoms with Crippen LogP contribution in [0.5, 0.6) is 5.75 Å². The van der Waals surface area contributed by atoms with Gasteiger partial charge in [-0.2, -0.15) is 0 Å². The van der Waals surface area contributed by atoms with Gasteiger partial charge in [0.15, 0.2) is 0 Å². The standard InChI is InChI=1S/C18H16INO3/c1-3-23-18(22)17-11(2)20(13-6-4-12(19)5-7-13)16-9-8-14(21)10-15(16)17/h4-10,21H,3H2,1-2H3. The van der Waals surface area contributed by atoms with E-state index in [0.717, 1.165) is 20.5 Å². The topological polar surface area (TPSA) is 51.5 Å². The van der Waals surface area contributed by atoms with Gasteiger partial charge in [0.2, 0.25) is 0 Å². The molecule has 0 radical (unpaired) electrons. The van der Waals surface area contributed by atoms with E-state index in [1.165, 1.54) is 0 Å². The fourth-order valence-corrected chi connectivity index (χ4v) is 3.15. The number of carbonyl (C=O) groups excluding carboxylic acids is 1. The van der Waals surface area contributed by atoms with Crippen LogP contribution in [0.2, 0.25) is 0 Å². The number of aromatic nitrogens is 1. The van der Waals surface area contributed by atoms with Crippen LogP contribution in [-0.2, 0) is 4.74 Å². The van der Waals surface area contributed by atoms with Gasteiger partial charge in [0.05, 0.1) is 17.7 Å². The molecule has 0 bridgehead atoms. The quantitative estimate of drug-likeness (QED) is 0.503. The average Bonchev–Trinajstić information content (AvgIpc) is 2.80. The first-order valence-corrected chi connectivity index (χ1v) is 8.38. The molecule has 5 heteroatoms. The summed E-state index contributed by atoms with van der Waals surface area (Å²) in [5.74, 6) is -0.243. The van der Waals surface area contributed by atoms with Crippen molar-refractivity contribution in [3.8, 4) is 11.4 Å². The third kappa shape index (κ3) is 2.81. The summed E-state index contributed by atoms with van der Waals surface area (Å²) >= 11 is 2.26. The minimum atomic E-state index is -0.370. The lowest BCUT2D eigenvalue weighted by Gasteiger charge is -2.09. The third-order valence-corrected chi connectivity index (χ3v) is 4.47. The maximum Gasteiger partial charge on any atom is 0.340 e. The Morgan fingerprint density at radius 1 is 1.22 bits per heavy atom. The maximum absolute atomic E-state index is 12.4. The molecule has 0 aliphatic heterocycles. The molecule has 0 spiro atoms. The molecule has 0 fully saturated rings. The molecule has 118 valence electrons. The lowest BCUT2D eigenvalue weighted by atomic mass is 10.1. The highest BCUT2D eigenvalue weighted by Gasteiger charge is 2.22. The smallest absolute Gasteiger partial charge is 0.340 e. The van der Waals surface area contributed by atoms with Gasteiger partial charge < -0.3 is 14.4 Å². The number of phenolic OH excluding ortho intramolecular Hbond substituents is 1. The number of esters is 1. The van der Waals surface area contributed by atoms with Crippen molar-refractivity contribution in [1.82, 2.24) is 4.57 Å². The van der Waals surface area contributed by atoms with Gasteiger partial charge in [-0.15, -0.1) is 0 Å². The molecule has 0 saturated heterocycles. The molecule has 1 heterocycles. The predicted molar refractivity (Wildman–Crippen MR) is 98.4 cm³/mol. The van der Waals surface area contributed by atoms with E-state index in [0.29, 0.717) is 17.6 Å². The fourth-order valence-electron chi connectivity index (χ4n) is 2.79. The van der Waals surface area contributed by atoms with Gasteiger partial charge in [-0.3, -0.25) is 0 Å². The van der Waals surface area contributed by atoms with Gasteiger partial charge in [-0.25, -0.2) is 4.79 Å². The van der Waals surface area contributed by atoms with E-state index in [4.69, 9.17) is 4.74 Å². The van der Waals surface area contributed by atoms with Crippen LogP contribution in [0, 0.1) is 10.5 Å². The van der Waals surface area contributed by atoms with Crippen LogP contribution in [0.25, 0.3) is 16.6 Å². The van der Waals surface area contributed by atoms with E-state index in [-0.39, 0.29) is 11.7 Å². The Hall–Kier alpha value is -2.02. The van der Waals surface area contributed by atoms with Gasteiger partial charge in [-0.1, -0.05) is 0 Å². The summed E-state index contributed by atoms with van der Waals surface area (Å²) < 4.78 is 8.34. The zero-order valence-electron chi connectivity index (χ0n) is 12.8. The number of ether oxygens (including phenoxy) is 1. The molecular weight excluding hydrogens is 405 g/mol. The largest absolute Gasteiger partial charge is 0.508 e. The van der Waals surface area contributed by atoms with Gasteiger partial charge in [0.25, 0.3) is 0 Å². The Kier molecular flexibility index (Phi) is 4.30. The molecule has 0 unspecified atom stereocenters. The zero-order chi connectivity index (χ0) is 16.6. The number of benzene rings is 2. The van der Waals surface area contributed by atoms with E-state index < -0.39 is 0 Å². The van der Waals surface area contributed by atoms with E-state index in [2.05, 4.69) is 22.6 Å². The molecule has 0 aliphatic rings. The highest BCUT2D eigenvalue weighted by molar-refractivity contribution is 14.1. The van der Waals surface area contributed by atoms with Crippen molar-refractivity contribution < 1.29 is 14.6 Å². The van der Waals surface area contributed by atoms with Crippen molar-refractivity contribution in [3.63, 3.8) is 0 Å². The van der Waals surface area contributed by atoms with E-state index >= 15 is 0 Å². The summed E-state index contributed by atoms with van der Waals surface area (Å²) in [6.07, 6.45) is 0. The average molecular weight is 421 g/mol. The van der Waals surface area contributed by atoms with Crippen molar-refractivity contribution in [2.45, 2.75) is 13.8 Å². The number of hydrogen-bond donors (Lipinski definition) is 1. The van der Waals surface area contributed by atoms with Crippen LogP contribution in [-0.4, -0.2) is 22.2 Å². The van der Waals surface area contributed by atoms with E-state index in [1.54, 1.807) is 19.1 Å². The molecule has 2 aromatic carbocycles. The second-order valence-corrected chi connectivity index (χ2v) is 6.44. The molecule has 3 rings (SSSR count). The Bertz CT molecular complexity index is 881. The maximum atomic E-state index is 12.4. The van der Waals surface area contributed by atoms with Crippen molar-refractivity contribution in [2.75, 3.05) is 6.61 Å². The van der Waals surface area contributed by atoms with Gasteiger partial charge in [0, 0.05) is 20.3 Å². The SMILES string of the molecule is CCOC(=O)c1c(C)n(-c2ccc(I)cc2)c2ccc(O)cc12. The Labute approximate surface area is 147 Å². The molecule has 23 heavy (non-hydrogen) atoms. The number of nitrogens with zero attached hydrogens (tertiary/aromatic N) is 1. The first-order valence-electron chi connectivity index (χ1n) is 7.30. The molecule has 1 aromatic heterocycles. The molecular formula is C18H16INO3. The molecule has 1 N–H and O–H groups in total. The van der Waals surface area contributed by atoms with Crippen LogP contribution in [0.4, 0.5) is 0 Å². The lowest BCUT2D eigenvalue weighted by molar-refractivity contribution is 0.0527. The van der Waals surface area contributed by atoms with Gasteiger partial charge >= 0.3 is 5.97 Å². The predicted octanol–water partition coefficient (Wildman–Crippen LogP) is 4.43. The molecule has 0 atom stereocenters. The molecule has 0 aliphatic carbocycles. The van der Waals surface area contributed by atoms with Gasteiger partial charge in [0.1, 0.15) is 5.75 Å². The second-order valence-electron chi connectivity index (χ2n) is 5.19. The van der Waals surface area contributed by atoms with Gasteiger partial charge in [-0.05, 0) is 78.9 Å². The van der Waals surface area contributed by atoms with Crippen molar-refractivity contribution in [1.29, 1.82) is 0 Å².